The van der Waals surface area contributed by atoms with Crippen LogP contribution in [0, 0.1) is 0 Å². The number of hydrogen-bond donors (Lipinski definition) is 2. The van der Waals surface area contributed by atoms with Crippen LogP contribution in [-0.2, 0) is 9.84 Å². The van der Waals surface area contributed by atoms with Crippen LogP contribution in [0.3, 0.4) is 0 Å². The van der Waals surface area contributed by atoms with Crippen LogP contribution in [0.25, 0.3) is 0 Å². The summed E-state index contributed by atoms with van der Waals surface area (Å²) in [5.74, 6) is -0.115. The highest BCUT2D eigenvalue weighted by molar-refractivity contribution is 7.91. The van der Waals surface area contributed by atoms with E-state index in [9.17, 15) is 13.2 Å². The Labute approximate surface area is 122 Å². The molecule has 0 saturated heterocycles. The van der Waals surface area contributed by atoms with Gasteiger partial charge in [-0.3, -0.25) is 4.98 Å². The molecule has 0 aliphatic carbocycles. The Hall–Kier alpha value is -2.41. The molecule has 6 nitrogen and oxygen atoms in total. The predicted molar refractivity (Wildman–Crippen MR) is 77.6 cm³/mol. The van der Waals surface area contributed by atoms with Crippen LogP contribution in [-0.4, -0.2) is 25.2 Å². The molecule has 1 atom stereocenters. The lowest BCUT2D eigenvalue weighted by atomic mass is 10.1. The lowest BCUT2D eigenvalue weighted by Gasteiger charge is -2.13. The first kappa shape index (κ1) is 13.6. The van der Waals surface area contributed by atoms with Gasteiger partial charge in [-0.2, -0.15) is 0 Å². The van der Waals surface area contributed by atoms with Crippen LogP contribution >= 0.6 is 0 Å². The number of anilines is 1. The van der Waals surface area contributed by atoms with Gasteiger partial charge >= 0.3 is 6.03 Å². The van der Waals surface area contributed by atoms with Gasteiger partial charge in [0.1, 0.15) is 0 Å². The third-order valence-corrected chi connectivity index (χ3v) is 5.07. The van der Waals surface area contributed by atoms with Gasteiger partial charge in [0.2, 0.25) is 0 Å². The van der Waals surface area contributed by atoms with Crippen molar-refractivity contribution in [1.29, 1.82) is 0 Å². The largest absolute Gasteiger partial charge is 0.330 e. The molecule has 2 amide bonds. The fourth-order valence-corrected chi connectivity index (χ4v) is 4.07. The number of carbonyl (C=O) groups excluding carboxylic acids is 1. The number of amides is 2. The molecule has 7 heteroatoms. The molecule has 0 unspecified atom stereocenters. The topological polar surface area (TPSA) is 88.2 Å². The fourth-order valence-electron chi connectivity index (χ4n) is 2.33. The van der Waals surface area contributed by atoms with Crippen LogP contribution in [0.2, 0.25) is 0 Å². The number of pyridine rings is 1. The van der Waals surface area contributed by atoms with E-state index >= 15 is 0 Å². The molecule has 0 fully saturated rings. The van der Waals surface area contributed by atoms with Crippen molar-refractivity contribution < 1.29 is 13.2 Å². The van der Waals surface area contributed by atoms with E-state index < -0.39 is 21.9 Å². The highest BCUT2D eigenvalue weighted by atomic mass is 32.2. The van der Waals surface area contributed by atoms with E-state index in [-0.39, 0.29) is 5.75 Å². The Morgan fingerprint density at radius 3 is 2.62 bits per heavy atom. The maximum Gasteiger partial charge on any atom is 0.319 e. The number of sulfone groups is 1. The molecule has 0 saturated carbocycles. The minimum absolute atomic E-state index is 0.115. The van der Waals surface area contributed by atoms with Gasteiger partial charge in [-0.05, 0) is 23.8 Å². The Morgan fingerprint density at radius 2 is 1.86 bits per heavy atom. The normalized spacial score (nSPS) is 18.8. The number of carbonyl (C=O) groups is 1. The van der Waals surface area contributed by atoms with Crippen LogP contribution in [0.1, 0.15) is 11.6 Å². The summed E-state index contributed by atoms with van der Waals surface area (Å²) in [4.78, 5) is 16.1. The van der Waals surface area contributed by atoms with E-state index in [1.54, 1.807) is 48.8 Å². The minimum atomic E-state index is -3.33. The molecule has 21 heavy (non-hydrogen) atoms. The number of nitrogens with zero attached hydrogens (tertiary/aromatic N) is 1. The average molecular weight is 303 g/mol. The molecule has 2 aromatic rings. The predicted octanol–water partition coefficient (Wildman–Crippen LogP) is 1.73. The number of fused-ring (bicyclic) bond motifs is 1. The van der Waals surface area contributed by atoms with E-state index in [1.165, 1.54) is 0 Å². The van der Waals surface area contributed by atoms with Gasteiger partial charge in [-0.25, -0.2) is 13.2 Å². The molecule has 1 aromatic heterocycles. The molecular weight excluding hydrogens is 290 g/mol. The molecule has 1 aliphatic heterocycles. The first-order chi connectivity index (χ1) is 10.1. The van der Waals surface area contributed by atoms with Crippen molar-refractivity contribution in [2.24, 2.45) is 0 Å². The maximum atomic E-state index is 12.0. The molecule has 1 aliphatic rings. The van der Waals surface area contributed by atoms with Crippen LogP contribution in [0.15, 0.2) is 53.7 Å². The zero-order valence-electron chi connectivity index (χ0n) is 11.0. The van der Waals surface area contributed by atoms with Crippen molar-refractivity contribution in [2.75, 3.05) is 11.1 Å². The van der Waals surface area contributed by atoms with Crippen molar-refractivity contribution in [3.8, 4) is 0 Å². The van der Waals surface area contributed by atoms with Gasteiger partial charge in [0, 0.05) is 18.1 Å². The van der Waals surface area contributed by atoms with Crippen molar-refractivity contribution in [3.05, 3.63) is 54.4 Å². The van der Waals surface area contributed by atoms with Crippen molar-refractivity contribution in [3.63, 3.8) is 0 Å². The molecular formula is C14H13N3O3S. The summed E-state index contributed by atoms with van der Waals surface area (Å²) in [5, 5.41) is 5.33. The van der Waals surface area contributed by atoms with Crippen molar-refractivity contribution in [1.82, 2.24) is 10.3 Å². The zero-order valence-corrected chi connectivity index (χ0v) is 11.8. The van der Waals surface area contributed by atoms with Crippen LogP contribution < -0.4 is 10.6 Å². The van der Waals surface area contributed by atoms with Crippen molar-refractivity contribution >= 4 is 21.6 Å². The second-order valence-corrected chi connectivity index (χ2v) is 6.71. The van der Waals surface area contributed by atoms with Gasteiger partial charge in [-0.15, -0.1) is 0 Å². The summed E-state index contributed by atoms with van der Waals surface area (Å²) in [7, 11) is -3.33. The average Bonchev–Trinajstić information content (AvgIpc) is 2.72. The van der Waals surface area contributed by atoms with Crippen LogP contribution in [0.5, 0.6) is 0 Å². The Bertz CT molecular complexity index is 775. The molecule has 2 heterocycles. The summed E-state index contributed by atoms with van der Waals surface area (Å²) in [6, 6.07) is 9.04. The maximum absolute atomic E-state index is 12.0. The number of aromatic nitrogens is 1. The lowest BCUT2D eigenvalue weighted by molar-refractivity contribution is 0.249. The summed E-state index contributed by atoms with van der Waals surface area (Å²) in [6.07, 6.45) is 3.12. The van der Waals surface area contributed by atoms with Gasteiger partial charge in [0.25, 0.3) is 0 Å². The molecule has 0 radical (unpaired) electrons. The van der Waals surface area contributed by atoms with E-state index in [4.69, 9.17) is 0 Å². The number of nitrogens with one attached hydrogen (secondary N) is 2. The first-order valence-electron chi connectivity index (χ1n) is 6.35. The third kappa shape index (κ3) is 2.73. The summed E-state index contributed by atoms with van der Waals surface area (Å²) < 4.78 is 24.0. The highest BCUT2D eigenvalue weighted by Crippen LogP contribution is 2.32. The van der Waals surface area contributed by atoms with E-state index in [1.807, 2.05) is 0 Å². The second kappa shape index (κ2) is 5.17. The van der Waals surface area contributed by atoms with E-state index in [2.05, 4.69) is 15.6 Å². The summed E-state index contributed by atoms with van der Waals surface area (Å²) in [5.41, 5.74) is 1.22. The van der Waals surface area contributed by atoms with Crippen LogP contribution in [0.4, 0.5) is 10.5 Å². The van der Waals surface area contributed by atoms with Gasteiger partial charge in [0.05, 0.1) is 16.7 Å². The number of rotatable bonds is 2. The molecule has 108 valence electrons. The summed E-state index contributed by atoms with van der Waals surface area (Å²) in [6.45, 7) is 0. The number of urea groups is 1. The molecule has 1 aromatic carbocycles. The van der Waals surface area contributed by atoms with Gasteiger partial charge in [-0.1, -0.05) is 18.2 Å². The highest BCUT2D eigenvalue weighted by Gasteiger charge is 2.35. The molecule has 0 bridgehead atoms. The Balaban J connectivity index is 1.76. The molecule has 0 spiro atoms. The molecule has 3 rings (SSSR count). The number of benzene rings is 1. The Kier molecular flexibility index (Phi) is 3.34. The Morgan fingerprint density at radius 1 is 1.14 bits per heavy atom. The smallest absolute Gasteiger partial charge is 0.319 e. The SMILES string of the molecule is O=C(Nc1ccncc1)N[C@H]1CS(=O)(=O)c2ccccc21. The van der Waals surface area contributed by atoms with Gasteiger partial charge < -0.3 is 10.6 Å². The standard InChI is InChI=1S/C14H13N3O3S/c18-14(16-10-5-7-15-8-6-10)17-12-9-21(19,20)13-4-2-1-3-11(12)13/h1-8,12H,9H2,(H2,15,16,17,18)/t12-/m0/s1. The molecule has 2 N–H and O–H groups in total. The van der Waals surface area contributed by atoms with Crippen molar-refractivity contribution in [2.45, 2.75) is 10.9 Å². The second-order valence-electron chi connectivity index (χ2n) is 4.71. The third-order valence-electron chi connectivity index (χ3n) is 3.26. The zero-order chi connectivity index (χ0) is 14.9. The summed E-state index contributed by atoms with van der Waals surface area (Å²) >= 11 is 0. The van der Waals surface area contributed by atoms with E-state index in [0.29, 0.717) is 16.1 Å². The van der Waals surface area contributed by atoms with E-state index in [0.717, 1.165) is 0 Å². The fraction of sp³-hybridized carbons (Fsp3) is 0.143. The lowest BCUT2D eigenvalue weighted by Crippen LogP contribution is -2.33. The first-order valence-corrected chi connectivity index (χ1v) is 8.01. The van der Waals surface area contributed by atoms with Gasteiger partial charge in [0.15, 0.2) is 9.84 Å². The quantitative estimate of drug-likeness (QED) is 0.884. The number of hydrogen-bond acceptors (Lipinski definition) is 4. The monoisotopic (exact) mass is 303 g/mol. The minimum Gasteiger partial charge on any atom is -0.330 e.